The number of esters is 2. The molecule has 6 aromatic rings. The Labute approximate surface area is 415 Å². The van der Waals surface area contributed by atoms with E-state index in [4.69, 9.17) is 39.9 Å². The lowest BCUT2D eigenvalue weighted by atomic mass is 9.49. The van der Waals surface area contributed by atoms with Crippen molar-refractivity contribution < 1.29 is 37.7 Å². The number of rotatable bonds is 8. The van der Waals surface area contributed by atoms with E-state index in [9.17, 15) is 9.59 Å². The third kappa shape index (κ3) is 13.8. The van der Waals surface area contributed by atoms with Gasteiger partial charge < -0.3 is 32.9 Å². The molecule has 2 aromatic carbocycles. The predicted octanol–water partition coefficient (Wildman–Crippen LogP) is 11.2. The first-order valence-electron chi connectivity index (χ1n) is 21.9. The van der Waals surface area contributed by atoms with E-state index in [1.54, 1.807) is 62.6 Å². The molecule has 0 atom stereocenters. The van der Waals surface area contributed by atoms with E-state index < -0.39 is 14.0 Å². The molecular formula is C50H54B2Br2N6O8. The van der Waals surface area contributed by atoms with E-state index in [-0.39, 0.29) is 34.3 Å². The molecule has 8 rings (SSSR count). The summed E-state index contributed by atoms with van der Waals surface area (Å²) in [4.78, 5) is 42.9. The van der Waals surface area contributed by atoms with Crippen molar-refractivity contribution in [1.29, 1.82) is 5.26 Å². The predicted molar refractivity (Wildman–Crippen MR) is 270 cm³/mol. The second-order valence-corrected chi connectivity index (χ2v) is 18.9. The van der Waals surface area contributed by atoms with Crippen molar-refractivity contribution in [2.45, 2.75) is 103 Å². The zero-order valence-electron chi connectivity index (χ0n) is 39.9. The number of alkyl halides is 1. The molecule has 2 saturated heterocycles. The molecule has 0 bridgehead atoms. The van der Waals surface area contributed by atoms with Gasteiger partial charge in [0.15, 0.2) is 5.52 Å². The van der Waals surface area contributed by atoms with Crippen LogP contribution >= 0.6 is 31.9 Å². The standard InChI is InChI=1S/C19H15N3O2.C12H24B2O4.C11H7BrN2.C8H8BrNO2/c1-2-24-19(23)15-7-8-21-17(11-15)10-13-3-6-18-14(9-13)4-5-16(12-20)22-18;1-9(2)10(3,4)16-13(15-9)14-17-11(5,6)12(7,8)18-14;1-13-11-5-3-9-6-8(7-12)2-4-10(9)14-11;1-2-12-8(11)6-3-4-10-7(9)5-6/h3-9,11H,2,10H2,1H3;1-8H3;2-6H,7H2;3-5H,2H2,1H3. The quantitative estimate of drug-likeness (QED) is 0.0464. The lowest BCUT2D eigenvalue weighted by Crippen LogP contribution is -2.41. The minimum absolute atomic E-state index is 0.319. The fourth-order valence-electron chi connectivity index (χ4n) is 6.53. The smallest absolute Gasteiger partial charge is 0.462 e. The van der Waals surface area contributed by atoms with Crippen LogP contribution in [0.3, 0.4) is 0 Å². The van der Waals surface area contributed by atoms with E-state index >= 15 is 0 Å². The molecule has 6 heterocycles. The maximum absolute atomic E-state index is 11.8. The summed E-state index contributed by atoms with van der Waals surface area (Å²) in [5.74, 6) is -0.211. The Morgan fingerprint density at radius 1 is 0.676 bits per heavy atom. The molecule has 68 heavy (non-hydrogen) atoms. The number of halogens is 2. The summed E-state index contributed by atoms with van der Waals surface area (Å²) in [6.07, 6.45) is 3.77. The lowest BCUT2D eigenvalue weighted by molar-refractivity contribution is 0.00578. The van der Waals surface area contributed by atoms with Crippen molar-refractivity contribution in [2.24, 2.45) is 0 Å². The third-order valence-corrected chi connectivity index (χ3v) is 12.7. The number of carbonyl (C=O) groups excluding carboxylic acids is 2. The van der Waals surface area contributed by atoms with Gasteiger partial charge in [-0.3, -0.25) is 4.98 Å². The average Bonchev–Trinajstić information content (AvgIpc) is 3.68. The van der Waals surface area contributed by atoms with Crippen LogP contribution in [0.25, 0.3) is 26.7 Å². The molecule has 0 N–H and O–H groups in total. The highest BCUT2D eigenvalue weighted by Gasteiger charge is 2.63. The third-order valence-electron chi connectivity index (χ3n) is 11.6. The molecule has 0 amide bonds. The molecule has 352 valence electrons. The van der Waals surface area contributed by atoms with Gasteiger partial charge in [-0.15, -0.1) is 4.98 Å². The SMILES string of the molecule is CC1(C)OB(B2OC(C)(C)C(C)(C)O2)OC1(C)C.CCOC(=O)c1ccnc(Br)c1.CCOC(=O)c1ccnc(Cc2ccc3nc(C#N)ccc3c2)c1.[C-]#[N+]c1ccc2cc(CBr)ccc2n1. The van der Waals surface area contributed by atoms with Gasteiger partial charge in [0, 0.05) is 40.6 Å². The topological polar surface area (TPSA) is 169 Å². The first-order valence-corrected chi connectivity index (χ1v) is 23.8. The highest BCUT2D eigenvalue weighted by molar-refractivity contribution is 9.10. The molecule has 14 nitrogen and oxygen atoms in total. The Morgan fingerprint density at radius 2 is 1.16 bits per heavy atom. The zero-order chi connectivity index (χ0) is 49.9. The van der Waals surface area contributed by atoms with Gasteiger partial charge in [0.05, 0.1) is 52.3 Å². The normalized spacial score (nSPS) is 15.9. The van der Waals surface area contributed by atoms with Crippen molar-refractivity contribution in [3.63, 3.8) is 0 Å². The van der Waals surface area contributed by atoms with Crippen LogP contribution in [0.2, 0.25) is 0 Å². The van der Waals surface area contributed by atoms with Crippen LogP contribution in [0, 0.1) is 17.9 Å². The Kier molecular flexibility index (Phi) is 18.2. The van der Waals surface area contributed by atoms with Crippen LogP contribution in [0.4, 0.5) is 5.82 Å². The van der Waals surface area contributed by atoms with Gasteiger partial charge in [0.1, 0.15) is 16.4 Å². The molecule has 0 unspecified atom stereocenters. The number of nitriles is 1. The second kappa shape index (κ2) is 23.1. The molecule has 0 radical (unpaired) electrons. The average molecular weight is 1050 g/mol. The summed E-state index contributed by atoms with van der Waals surface area (Å²) >= 11 is 6.57. The van der Waals surface area contributed by atoms with E-state index in [0.717, 1.165) is 38.4 Å². The number of aromatic nitrogens is 4. The van der Waals surface area contributed by atoms with Gasteiger partial charge in [-0.1, -0.05) is 40.7 Å². The van der Waals surface area contributed by atoms with Crippen LogP contribution in [-0.4, -0.2) is 81.5 Å². The zero-order valence-corrected chi connectivity index (χ0v) is 43.1. The van der Waals surface area contributed by atoms with Crippen LogP contribution < -0.4 is 0 Å². The van der Waals surface area contributed by atoms with Gasteiger partial charge in [-0.25, -0.2) is 19.6 Å². The van der Waals surface area contributed by atoms with E-state index in [0.29, 0.717) is 46.9 Å². The molecule has 2 aliphatic heterocycles. The number of benzene rings is 2. The van der Waals surface area contributed by atoms with Crippen LogP contribution in [0.15, 0.2) is 102 Å². The molecule has 0 aliphatic carbocycles. The first kappa shape index (κ1) is 53.4. The summed E-state index contributed by atoms with van der Waals surface area (Å²) < 4.78 is 34.3. The molecule has 18 heteroatoms. The van der Waals surface area contributed by atoms with E-state index in [1.807, 2.05) is 104 Å². The molecule has 0 spiro atoms. The van der Waals surface area contributed by atoms with E-state index in [1.165, 1.54) is 5.56 Å². The largest absolute Gasteiger partial charge is 0.488 e. The minimum atomic E-state index is -0.476. The summed E-state index contributed by atoms with van der Waals surface area (Å²) in [5, 5.41) is 11.8. The number of hydrogen-bond donors (Lipinski definition) is 0. The van der Waals surface area contributed by atoms with Crippen LogP contribution in [0.5, 0.6) is 0 Å². The number of hydrogen-bond acceptors (Lipinski definition) is 13. The number of nitrogens with zero attached hydrogens (tertiary/aromatic N) is 6. The van der Waals surface area contributed by atoms with Crippen LogP contribution in [-0.2, 0) is 39.8 Å². The van der Waals surface area contributed by atoms with Gasteiger partial charge in [0.25, 0.3) is 5.82 Å². The maximum Gasteiger partial charge on any atom is 0.488 e. The number of carbonyl (C=O) groups is 2. The number of ether oxygens (including phenoxy) is 2. The van der Waals surface area contributed by atoms with Crippen molar-refractivity contribution >= 4 is 85.4 Å². The van der Waals surface area contributed by atoms with E-state index in [2.05, 4.69) is 62.7 Å². The molecular weight excluding hydrogens is 994 g/mol. The molecule has 2 aliphatic rings. The Bertz CT molecular complexity index is 2770. The second-order valence-electron chi connectivity index (χ2n) is 17.5. The van der Waals surface area contributed by atoms with Gasteiger partial charge >= 0.3 is 26.0 Å². The summed E-state index contributed by atoms with van der Waals surface area (Å²) in [7, 11) is -0.952. The number of fused-ring (bicyclic) bond motifs is 2. The first-order chi connectivity index (χ1) is 32.1. The fraction of sp³-hybridized carbons (Fsp3) is 0.360. The monoisotopic (exact) mass is 1050 g/mol. The Balaban J connectivity index is 0.000000176. The summed E-state index contributed by atoms with van der Waals surface area (Å²) in [6, 6.07) is 27.8. The lowest BCUT2D eigenvalue weighted by Gasteiger charge is -2.32. The van der Waals surface area contributed by atoms with Gasteiger partial charge in [-0.2, -0.15) is 5.26 Å². The number of pyridine rings is 4. The highest BCUT2D eigenvalue weighted by Crippen LogP contribution is 2.43. The maximum atomic E-state index is 11.8. The summed E-state index contributed by atoms with van der Waals surface area (Å²) in [5.41, 5.74) is 4.71. The van der Waals surface area contributed by atoms with Gasteiger partial charge in [-0.05, 0) is 163 Å². The molecule has 0 saturated carbocycles. The Morgan fingerprint density at radius 3 is 1.66 bits per heavy atom. The van der Waals surface area contributed by atoms with Crippen molar-refractivity contribution in [1.82, 2.24) is 19.9 Å². The Hall–Kier alpha value is -5.59. The molecule has 4 aromatic heterocycles. The van der Waals surface area contributed by atoms with Gasteiger partial charge in [0.2, 0.25) is 0 Å². The molecule has 2 fully saturated rings. The minimum Gasteiger partial charge on any atom is -0.462 e. The fourth-order valence-corrected chi connectivity index (χ4v) is 7.24. The van der Waals surface area contributed by atoms with Crippen molar-refractivity contribution in [3.05, 3.63) is 147 Å². The van der Waals surface area contributed by atoms with Crippen molar-refractivity contribution in [2.75, 3.05) is 13.2 Å². The van der Waals surface area contributed by atoms with Crippen molar-refractivity contribution in [3.8, 4) is 6.07 Å². The van der Waals surface area contributed by atoms with Crippen LogP contribution in [0.1, 0.15) is 112 Å². The summed E-state index contributed by atoms with van der Waals surface area (Å²) in [6.45, 7) is 27.3. The highest BCUT2D eigenvalue weighted by atomic mass is 79.9.